The van der Waals surface area contributed by atoms with E-state index >= 15 is 0 Å². The molecule has 24 heavy (non-hydrogen) atoms. The quantitative estimate of drug-likeness (QED) is 0.844. The Balaban J connectivity index is 1.84. The molecule has 1 aromatic carbocycles. The SMILES string of the molecule is N#Cc1cccn1-c1ccc(N2CC(CNC=O)OC2=O)cc1F. The third-order valence-electron chi connectivity index (χ3n) is 3.67. The number of rotatable bonds is 5. The number of amides is 2. The van der Waals surface area contributed by atoms with Crippen molar-refractivity contribution < 1.29 is 18.7 Å². The summed E-state index contributed by atoms with van der Waals surface area (Å²) < 4.78 is 21.0. The zero-order chi connectivity index (χ0) is 17.1. The number of cyclic esters (lactones) is 1. The van der Waals surface area contributed by atoms with Gasteiger partial charge in [0.1, 0.15) is 23.7 Å². The van der Waals surface area contributed by atoms with Gasteiger partial charge < -0.3 is 14.6 Å². The maximum Gasteiger partial charge on any atom is 0.414 e. The van der Waals surface area contributed by atoms with Gasteiger partial charge in [-0.1, -0.05) is 0 Å². The van der Waals surface area contributed by atoms with Crippen LogP contribution >= 0.6 is 0 Å². The van der Waals surface area contributed by atoms with Crippen molar-refractivity contribution in [2.24, 2.45) is 0 Å². The van der Waals surface area contributed by atoms with Crippen LogP contribution in [0.1, 0.15) is 5.69 Å². The molecule has 1 fully saturated rings. The van der Waals surface area contributed by atoms with E-state index in [1.165, 1.54) is 21.6 Å². The molecule has 0 bridgehead atoms. The van der Waals surface area contributed by atoms with Crippen LogP contribution < -0.4 is 10.2 Å². The highest BCUT2D eigenvalue weighted by molar-refractivity contribution is 5.89. The van der Waals surface area contributed by atoms with E-state index in [-0.39, 0.29) is 18.8 Å². The number of carbonyl (C=O) groups excluding carboxylic acids is 2. The van der Waals surface area contributed by atoms with Crippen molar-refractivity contribution in [2.75, 3.05) is 18.0 Å². The fourth-order valence-electron chi connectivity index (χ4n) is 2.56. The summed E-state index contributed by atoms with van der Waals surface area (Å²) in [5.74, 6) is -0.567. The van der Waals surface area contributed by atoms with Gasteiger partial charge in [0.05, 0.1) is 24.5 Å². The first-order chi connectivity index (χ1) is 11.6. The molecule has 2 aromatic rings. The summed E-state index contributed by atoms with van der Waals surface area (Å²) in [5, 5.41) is 11.5. The number of ether oxygens (including phenoxy) is 1. The highest BCUT2D eigenvalue weighted by Crippen LogP contribution is 2.26. The minimum Gasteiger partial charge on any atom is -0.442 e. The number of nitrogens with one attached hydrogen (secondary N) is 1. The lowest BCUT2D eigenvalue weighted by Crippen LogP contribution is -2.30. The van der Waals surface area contributed by atoms with Gasteiger partial charge in [0.25, 0.3) is 0 Å². The van der Waals surface area contributed by atoms with Crippen LogP contribution in [0.5, 0.6) is 0 Å². The van der Waals surface area contributed by atoms with Crippen molar-refractivity contribution >= 4 is 18.2 Å². The average Bonchev–Trinajstić information content (AvgIpc) is 3.19. The molecule has 1 aliphatic heterocycles. The third kappa shape index (κ3) is 2.79. The molecule has 122 valence electrons. The molecule has 1 N–H and O–H groups in total. The molecule has 3 rings (SSSR count). The Morgan fingerprint density at radius 3 is 3.00 bits per heavy atom. The maximum absolute atomic E-state index is 14.4. The Hall–Kier alpha value is -3.34. The van der Waals surface area contributed by atoms with E-state index in [1.54, 1.807) is 24.4 Å². The lowest BCUT2D eigenvalue weighted by molar-refractivity contribution is -0.109. The normalized spacial score (nSPS) is 16.6. The predicted octanol–water partition coefficient (Wildman–Crippen LogP) is 1.56. The van der Waals surface area contributed by atoms with Crippen LogP contribution in [-0.4, -0.2) is 36.3 Å². The maximum atomic E-state index is 14.4. The standard InChI is InChI=1S/C16H13FN4O3/c17-14-6-11(21-9-13(8-19-10-22)24-16(21)23)3-4-15(14)20-5-1-2-12(20)7-18/h1-6,10,13H,8-9H2,(H,19,22). The number of halogens is 1. The van der Waals surface area contributed by atoms with Gasteiger partial charge in [-0.2, -0.15) is 5.26 Å². The molecule has 8 heteroatoms. The van der Waals surface area contributed by atoms with E-state index in [9.17, 15) is 14.0 Å². The third-order valence-corrected chi connectivity index (χ3v) is 3.67. The summed E-state index contributed by atoms with van der Waals surface area (Å²) in [7, 11) is 0. The molecule has 0 radical (unpaired) electrons. The summed E-state index contributed by atoms with van der Waals surface area (Å²) in [5.41, 5.74) is 0.870. The van der Waals surface area contributed by atoms with Crippen LogP contribution in [0.4, 0.5) is 14.9 Å². The number of carbonyl (C=O) groups is 2. The van der Waals surface area contributed by atoms with Crippen molar-refractivity contribution in [1.82, 2.24) is 9.88 Å². The number of benzene rings is 1. The molecule has 0 spiro atoms. The van der Waals surface area contributed by atoms with E-state index in [0.29, 0.717) is 17.8 Å². The molecule has 2 heterocycles. The van der Waals surface area contributed by atoms with Crippen LogP contribution in [0.3, 0.4) is 0 Å². The molecule has 0 saturated carbocycles. The van der Waals surface area contributed by atoms with Crippen molar-refractivity contribution in [3.8, 4) is 11.8 Å². The summed E-state index contributed by atoms with van der Waals surface area (Å²) in [6.45, 7) is 0.409. The van der Waals surface area contributed by atoms with Crippen molar-refractivity contribution in [1.29, 1.82) is 5.26 Å². The number of nitrogens with zero attached hydrogens (tertiary/aromatic N) is 3. The highest BCUT2D eigenvalue weighted by atomic mass is 19.1. The number of hydrogen-bond acceptors (Lipinski definition) is 4. The van der Waals surface area contributed by atoms with Crippen molar-refractivity contribution in [2.45, 2.75) is 6.10 Å². The molecule has 2 amide bonds. The molecule has 1 atom stereocenters. The fourth-order valence-corrected chi connectivity index (χ4v) is 2.56. The Bertz CT molecular complexity index is 827. The van der Waals surface area contributed by atoms with Crippen molar-refractivity contribution in [3.05, 3.63) is 48.0 Å². The molecule has 1 unspecified atom stereocenters. The van der Waals surface area contributed by atoms with E-state index in [2.05, 4.69) is 5.32 Å². The van der Waals surface area contributed by atoms with Gasteiger partial charge in [0.15, 0.2) is 0 Å². The number of aromatic nitrogens is 1. The predicted molar refractivity (Wildman–Crippen MR) is 82.1 cm³/mol. The Kier molecular flexibility index (Phi) is 4.16. The average molecular weight is 328 g/mol. The van der Waals surface area contributed by atoms with Gasteiger partial charge in [-0.15, -0.1) is 0 Å². The minimum atomic E-state index is -0.599. The second-order valence-corrected chi connectivity index (χ2v) is 5.15. The van der Waals surface area contributed by atoms with Crippen LogP contribution in [0.25, 0.3) is 5.69 Å². The minimum absolute atomic E-state index is 0.196. The largest absolute Gasteiger partial charge is 0.442 e. The van der Waals surface area contributed by atoms with Crippen molar-refractivity contribution in [3.63, 3.8) is 0 Å². The lowest BCUT2D eigenvalue weighted by atomic mass is 10.2. The molecular weight excluding hydrogens is 315 g/mol. The van der Waals surface area contributed by atoms with Gasteiger partial charge >= 0.3 is 6.09 Å². The number of anilines is 1. The Morgan fingerprint density at radius 2 is 2.29 bits per heavy atom. The Morgan fingerprint density at radius 1 is 1.46 bits per heavy atom. The summed E-state index contributed by atoms with van der Waals surface area (Å²) in [6, 6.07) is 9.50. The molecule has 1 aliphatic rings. The van der Waals surface area contributed by atoms with Gasteiger partial charge in [-0.3, -0.25) is 9.69 Å². The molecule has 1 saturated heterocycles. The van der Waals surface area contributed by atoms with Crippen LogP contribution in [0, 0.1) is 17.1 Å². The second-order valence-electron chi connectivity index (χ2n) is 5.15. The van der Waals surface area contributed by atoms with E-state index in [1.807, 2.05) is 6.07 Å². The summed E-state index contributed by atoms with van der Waals surface area (Å²) in [4.78, 5) is 23.5. The van der Waals surface area contributed by atoms with Gasteiger partial charge in [-0.05, 0) is 30.3 Å². The van der Waals surface area contributed by atoms with Crippen LogP contribution in [0.2, 0.25) is 0 Å². The summed E-state index contributed by atoms with van der Waals surface area (Å²) in [6.07, 6.45) is 1.02. The van der Waals surface area contributed by atoms with Crippen LogP contribution in [0.15, 0.2) is 36.5 Å². The first-order valence-electron chi connectivity index (χ1n) is 7.16. The lowest BCUT2D eigenvalue weighted by Gasteiger charge is -2.15. The first kappa shape index (κ1) is 15.6. The number of hydrogen-bond donors (Lipinski definition) is 1. The van der Waals surface area contributed by atoms with Gasteiger partial charge in [0.2, 0.25) is 6.41 Å². The topological polar surface area (TPSA) is 87.4 Å². The van der Waals surface area contributed by atoms with Gasteiger partial charge in [-0.25, -0.2) is 9.18 Å². The molecule has 0 aliphatic carbocycles. The molecule has 1 aromatic heterocycles. The second kappa shape index (κ2) is 6.42. The highest BCUT2D eigenvalue weighted by Gasteiger charge is 2.32. The summed E-state index contributed by atoms with van der Waals surface area (Å²) >= 11 is 0. The van der Waals surface area contributed by atoms with Crippen LogP contribution in [-0.2, 0) is 9.53 Å². The first-order valence-corrected chi connectivity index (χ1v) is 7.16. The smallest absolute Gasteiger partial charge is 0.414 e. The number of nitriles is 1. The van der Waals surface area contributed by atoms with E-state index < -0.39 is 18.0 Å². The zero-order valence-corrected chi connectivity index (χ0v) is 12.5. The molecule has 7 nitrogen and oxygen atoms in total. The van der Waals surface area contributed by atoms with Gasteiger partial charge in [0, 0.05) is 6.20 Å². The zero-order valence-electron chi connectivity index (χ0n) is 12.5. The monoisotopic (exact) mass is 328 g/mol. The van der Waals surface area contributed by atoms with E-state index in [4.69, 9.17) is 10.00 Å². The molecular formula is C16H13FN4O3. The fraction of sp³-hybridized carbons (Fsp3) is 0.188. The van der Waals surface area contributed by atoms with E-state index in [0.717, 1.165) is 0 Å². The Labute approximate surface area is 136 Å².